The molecule has 0 amide bonds. The van der Waals surface area contributed by atoms with Crippen LogP contribution in [-0.4, -0.2) is 24.5 Å². The van der Waals surface area contributed by atoms with E-state index in [4.69, 9.17) is 0 Å². The highest BCUT2D eigenvalue weighted by Crippen LogP contribution is 2.43. The van der Waals surface area contributed by atoms with Crippen molar-refractivity contribution < 1.29 is 0 Å². The molecule has 0 aliphatic heterocycles. The molecular weight excluding hydrogens is 122 g/mol. The van der Waals surface area contributed by atoms with Crippen LogP contribution in [0.15, 0.2) is 0 Å². The summed E-state index contributed by atoms with van der Waals surface area (Å²) < 4.78 is 0. The molecule has 0 unspecified atom stereocenters. The second-order valence-corrected chi connectivity index (χ2v) is 3.99. The molecule has 1 nitrogen and oxygen atoms in total. The minimum absolute atomic E-state index is 0.569. The van der Waals surface area contributed by atoms with Crippen LogP contribution in [0.5, 0.6) is 0 Å². The average Bonchev–Trinajstić information content (AvgIpc) is 1.79. The lowest BCUT2D eigenvalue weighted by atomic mass is 9.67. The first-order chi connectivity index (χ1) is 4.60. The van der Waals surface area contributed by atoms with Crippen LogP contribution in [0.2, 0.25) is 0 Å². The lowest BCUT2D eigenvalue weighted by Gasteiger charge is -2.51. The van der Waals surface area contributed by atoms with Gasteiger partial charge in [-0.2, -0.15) is 0 Å². The maximum absolute atomic E-state index is 2.40. The van der Waals surface area contributed by atoms with E-state index in [1.165, 1.54) is 19.3 Å². The van der Waals surface area contributed by atoms with Gasteiger partial charge in [-0.05, 0) is 39.3 Å². The van der Waals surface area contributed by atoms with Gasteiger partial charge in [-0.3, -0.25) is 0 Å². The molecule has 0 aromatic carbocycles. The molecule has 0 bridgehead atoms. The molecule has 60 valence electrons. The van der Waals surface area contributed by atoms with Crippen molar-refractivity contribution in [2.75, 3.05) is 14.1 Å². The summed E-state index contributed by atoms with van der Waals surface area (Å²) in [6.07, 6.45) is 4.11. The van der Waals surface area contributed by atoms with E-state index < -0.39 is 0 Å². The van der Waals surface area contributed by atoms with E-state index in [0.717, 1.165) is 5.92 Å². The van der Waals surface area contributed by atoms with Gasteiger partial charge in [0.05, 0.1) is 0 Å². The molecule has 0 radical (unpaired) electrons. The van der Waals surface area contributed by atoms with Crippen molar-refractivity contribution in [3.8, 4) is 0 Å². The summed E-state index contributed by atoms with van der Waals surface area (Å²) in [5.41, 5.74) is 0.569. The first-order valence-corrected chi connectivity index (χ1v) is 4.28. The van der Waals surface area contributed by atoms with Crippen LogP contribution in [0.1, 0.15) is 33.1 Å². The summed E-state index contributed by atoms with van der Waals surface area (Å²) in [6.45, 7) is 4.64. The monoisotopic (exact) mass is 141 g/mol. The fraction of sp³-hybridized carbons (Fsp3) is 1.00. The first kappa shape index (κ1) is 8.06. The van der Waals surface area contributed by atoms with Crippen LogP contribution in [0.25, 0.3) is 0 Å². The number of hydrogen-bond donors (Lipinski definition) is 0. The third-order valence-corrected chi connectivity index (χ3v) is 3.06. The summed E-state index contributed by atoms with van der Waals surface area (Å²) in [5, 5.41) is 0. The zero-order chi connectivity index (χ0) is 7.78. The van der Waals surface area contributed by atoms with Crippen molar-refractivity contribution in [1.82, 2.24) is 4.90 Å². The van der Waals surface area contributed by atoms with Crippen LogP contribution in [0.4, 0.5) is 0 Å². The predicted molar refractivity (Wildman–Crippen MR) is 45.1 cm³/mol. The highest BCUT2D eigenvalue weighted by atomic mass is 15.2. The summed E-state index contributed by atoms with van der Waals surface area (Å²) >= 11 is 0. The van der Waals surface area contributed by atoms with E-state index in [0.29, 0.717) is 5.54 Å². The van der Waals surface area contributed by atoms with Gasteiger partial charge in [0.15, 0.2) is 0 Å². The summed E-state index contributed by atoms with van der Waals surface area (Å²) in [5.74, 6) is 0.961. The zero-order valence-electron chi connectivity index (χ0n) is 7.65. The fourth-order valence-corrected chi connectivity index (χ4v) is 2.21. The van der Waals surface area contributed by atoms with Gasteiger partial charge in [-0.25, -0.2) is 0 Å². The largest absolute Gasteiger partial charge is 0.304 e. The molecule has 1 heteroatoms. The van der Waals surface area contributed by atoms with Gasteiger partial charge in [0.1, 0.15) is 0 Å². The smallest absolute Gasteiger partial charge is 0.0206 e. The minimum atomic E-state index is 0.569. The molecule has 0 saturated heterocycles. The minimum Gasteiger partial charge on any atom is -0.304 e. The Hall–Kier alpha value is -0.0400. The molecule has 1 rings (SSSR count). The first-order valence-electron chi connectivity index (χ1n) is 4.28. The van der Waals surface area contributed by atoms with Crippen LogP contribution in [-0.2, 0) is 0 Å². The fourth-order valence-electron chi connectivity index (χ4n) is 2.21. The van der Waals surface area contributed by atoms with Crippen molar-refractivity contribution in [2.24, 2.45) is 5.92 Å². The topological polar surface area (TPSA) is 3.24 Å². The molecular formula is C9H19N. The maximum atomic E-state index is 2.40. The third kappa shape index (κ3) is 1.07. The van der Waals surface area contributed by atoms with Crippen molar-refractivity contribution in [1.29, 1.82) is 0 Å². The highest BCUT2D eigenvalue weighted by molar-refractivity contribution is 4.98. The Morgan fingerprint density at radius 2 is 1.90 bits per heavy atom. The van der Waals surface area contributed by atoms with Crippen LogP contribution >= 0.6 is 0 Å². The van der Waals surface area contributed by atoms with E-state index >= 15 is 0 Å². The lowest BCUT2D eigenvalue weighted by molar-refractivity contribution is 0.0125. The number of nitrogens with zero attached hydrogens (tertiary/aromatic N) is 1. The molecule has 0 spiro atoms. The molecule has 0 aromatic heterocycles. The van der Waals surface area contributed by atoms with Crippen molar-refractivity contribution in [3.63, 3.8) is 0 Å². The Morgan fingerprint density at radius 3 is 2.00 bits per heavy atom. The second-order valence-electron chi connectivity index (χ2n) is 3.99. The Morgan fingerprint density at radius 1 is 1.40 bits per heavy atom. The van der Waals surface area contributed by atoms with Crippen LogP contribution < -0.4 is 0 Å². The van der Waals surface area contributed by atoms with E-state index in [-0.39, 0.29) is 0 Å². The predicted octanol–water partition coefficient (Wildman–Crippen LogP) is 2.13. The molecule has 1 aliphatic carbocycles. The molecule has 1 saturated carbocycles. The van der Waals surface area contributed by atoms with Gasteiger partial charge in [-0.1, -0.05) is 13.8 Å². The molecule has 0 heterocycles. The van der Waals surface area contributed by atoms with Crippen molar-refractivity contribution in [2.45, 2.75) is 38.6 Å². The van der Waals surface area contributed by atoms with Gasteiger partial charge in [0.2, 0.25) is 0 Å². The quantitative estimate of drug-likeness (QED) is 0.569. The average molecular weight is 141 g/mol. The summed E-state index contributed by atoms with van der Waals surface area (Å²) in [7, 11) is 4.41. The molecule has 10 heavy (non-hydrogen) atoms. The SMILES string of the molecule is CCC1(N(C)C)CC(C)C1. The molecule has 1 fully saturated rings. The van der Waals surface area contributed by atoms with Gasteiger partial charge in [-0.15, -0.1) is 0 Å². The Labute approximate surface area is 64.4 Å². The normalized spacial score (nSPS) is 39.9. The maximum Gasteiger partial charge on any atom is 0.0206 e. The van der Waals surface area contributed by atoms with Crippen LogP contribution in [0.3, 0.4) is 0 Å². The van der Waals surface area contributed by atoms with Gasteiger partial charge in [0, 0.05) is 5.54 Å². The number of rotatable bonds is 2. The van der Waals surface area contributed by atoms with Crippen molar-refractivity contribution >= 4 is 0 Å². The Kier molecular flexibility index (Phi) is 2.04. The zero-order valence-corrected chi connectivity index (χ0v) is 7.65. The molecule has 0 atom stereocenters. The van der Waals surface area contributed by atoms with E-state index in [1.54, 1.807) is 0 Å². The second kappa shape index (κ2) is 2.54. The van der Waals surface area contributed by atoms with Gasteiger partial charge < -0.3 is 4.90 Å². The summed E-state index contributed by atoms with van der Waals surface area (Å²) in [4.78, 5) is 2.40. The standard InChI is InChI=1S/C9H19N/c1-5-9(10(3)4)6-8(2)7-9/h8H,5-7H2,1-4H3. The van der Waals surface area contributed by atoms with E-state index in [2.05, 4.69) is 32.8 Å². The highest BCUT2D eigenvalue weighted by Gasteiger charge is 2.41. The van der Waals surface area contributed by atoms with Gasteiger partial charge in [0.25, 0.3) is 0 Å². The molecule has 0 aromatic rings. The molecule has 0 N–H and O–H groups in total. The van der Waals surface area contributed by atoms with Gasteiger partial charge >= 0.3 is 0 Å². The van der Waals surface area contributed by atoms with Crippen LogP contribution in [0, 0.1) is 5.92 Å². The van der Waals surface area contributed by atoms with E-state index in [9.17, 15) is 0 Å². The Bertz CT molecular complexity index is 112. The third-order valence-electron chi connectivity index (χ3n) is 3.06. The van der Waals surface area contributed by atoms with Crippen molar-refractivity contribution in [3.05, 3.63) is 0 Å². The lowest BCUT2D eigenvalue weighted by Crippen LogP contribution is -2.53. The molecule has 1 aliphatic rings. The summed E-state index contributed by atoms with van der Waals surface area (Å²) in [6, 6.07) is 0. The number of hydrogen-bond acceptors (Lipinski definition) is 1. The van der Waals surface area contributed by atoms with E-state index in [1.807, 2.05) is 0 Å². The Balaban J connectivity index is 2.48.